The Balaban J connectivity index is 1.66. The average molecular weight is 427 g/mol. The molecule has 7 heteroatoms. The van der Waals surface area contributed by atoms with Gasteiger partial charge in [-0.1, -0.05) is 47.6 Å². The van der Waals surface area contributed by atoms with Crippen LogP contribution in [0.4, 0.5) is 5.69 Å². The molecule has 3 aromatic rings. The highest BCUT2D eigenvalue weighted by Gasteiger charge is 2.14. The standard InChI is InChI=1S/C22H23ClN4OS/c1-4-11-27-20(13-17-6-8-18(23)9-7-17)25-26-22(27)29-14-21(28)24-19-10-5-15(2)16(3)12-19/h4-10,12H,1,11,13-14H2,2-3H3,(H,24,28). The topological polar surface area (TPSA) is 59.8 Å². The van der Waals surface area contributed by atoms with Gasteiger partial charge < -0.3 is 9.88 Å². The first-order valence-corrected chi connectivity index (χ1v) is 10.6. The maximum atomic E-state index is 12.4. The fraction of sp³-hybridized carbons (Fsp3) is 0.227. The first kappa shape index (κ1) is 21.1. The van der Waals surface area contributed by atoms with Gasteiger partial charge in [-0.2, -0.15) is 0 Å². The van der Waals surface area contributed by atoms with Gasteiger partial charge in [0.05, 0.1) is 5.75 Å². The summed E-state index contributed by atoms with van der Waals surface area (Å²) in [7, 11) is 0. The maximum Gasteiger partial charge on any atom is 0.234 e. The normalized spacial score (nSPS) is 10.7. The van der Waals surface area contributed by atoms with Crippen LogP contribution in [0.15, 0.2) is 60.3 Å². The van der Waals surface area contributed by atoms with E-state index in [0.29, 0.717) is 23.1 Å². The van der Waals surface area contributed by atoms with Gasteiger partial charge in [-0.05, 0) is 54.8 Å². The lowest BCUT2D eigenvalue weighted by Crippen LogP contribution is -2.15. The molecule has 3 rings (SSSR count). The Bertz CT molecular complexity index is 1010. The molecule has 0 saturated carbocycles. The highest BCUT2D eigenvalue weighted by Crippen LogP contribution is 2.21. The number of allylic oxidation sites excluding steroid dienone is 1. The molecule has 1 amide bonds. The van der Waals surface area contributed by atoms with Gasteiger partial charge in [0.2, 0.25) is 5.91 Å². The highest BCUT2D eigenvalue weighted by molar-refractivity contribution is 7.99. The lowest BCUT2D eigenvalue weighted by atomic mass is 10.1. The number of carbonyl (C=O) groups is 1. The predicted octanol–water partition coefficient (Wildman–Crippen LogP) is 5.06. The lowest BCUT2D eigenvalue weighted by molar-refractivity contribution is -0.113. The van der Waals surface area contributed by atoms with E-state index in [0.717, 1.165) is 22.6 Å². The molecule has 2 aromatic carbocycles. The maximum absolute atomic E-state index is 12.4. The van der Waals surface area contributed by atoms with Crippen molar-refractivity contribution in [2.45, 2.75) is 32.0 Å². The van der Waals surface area contributed by atoms with Gasteiger partial charge in [0.25, 0.3) is 0 Å². The van der Waals surface area contributed by atoms with E-state index in [1.165, 1.54) is 17.3 Å². The molecule has 0 fully saturated rings. The van der Waals surface area contributed by atoms with Crippen molar-refractivity contribution in [3.63, 3.8) is 0 Å². The van der Waals surface area contributed by atoms with Gasteiger partial charge in [-0.3, -0.25) is 4.79 Å². The molecule has 0 bridgehead atoms. The van der Waals surface area contributed by atoms with Crippen molar-refractivity contribution in [2.75, 3.05) is 11.1 Å². The number of hydrogen-bond acceptors (Lipinski definition) is 4. The van der Waals surface area contributed by atoms with E-state index >= 15 is 0 Å². The van der Waals surface area contributed by atoms with Gasteiger partial charge in [-0.25, -0.2) is 0 Å². The molecular weight excluding hydrogens is 404 g/mol. The van der Waals surface area contributed by atoms with Gasteiger partial charge in [-0.15, -0.1) is 16.8 Å². The van der Waals surface area contributed by atoms with Crippen LogP contribution >= 0.6 is 23.4 Å². The van der Waals surface area contributed by atoms with Crippen LogP contribution in [-0.2, 0) is 17.8 Å². The van der Waals surface area contributed by atoms with Crippen LogP contribution in [0.2, 0.25) is 5.02 Å². The third-order valence-corrected chi connectivity index (χ3v) is 5.72. The minimum atomic E-state index is -0.0781. The summed E-state index contributed by atoms with van der Waals surface area (Å²) in [5.74, 6) is 0.998. The number of hydrogen-bond donors (Lipinski definition) is 1. The lowest BCUT2D eigenvalue weighted by Gasteiger charge is -2.09. The van der Waals surface area contributed by atoms with E-state index in [1.807, 2.05) is 60.9 Å². The number of anilines is 1. The molecule has 1 aromatic heterocycles. The molecule has 1 N–H and O–H groups in total. The molecule has 0 aliphatic rings. The Kier molecular flexibility index (Phi) is 7.12. The first-order valence-electron chi connectivity index (χ1n) is 9.23. The van der Waals surface area contributed by atoms with Gasteiger partial charge in [0.1, 0.15) is 5.82 Å². The molecule has 0 aliphatic heterocycles. The quantitative estimate of drug-likeness (QED) is 0.404. The van der Waals surface area contributed by atoms with E-state index < -0.39 is 0 Å². The second kappa shape index (κ2) is 9.76. The average Bonchev–Trinajstić information content (AvgIpc) is 3.07. The van der Waals surface area contributed by atoms with E-state index in [4.69, 9.17) is 11.6 Å². The van der Waals surface area contributed by atoms with Crippen LogP contribution in [0, 0.1) is 13.8 Å². The summed E-state index contributed by atoms with van der Waals surface area (Å²) < 4.78 is 1.98. The van der Waals surface area contributed by atoms with Crippen molar-refractivity contribution in [1.29, 1.82) is 0 Å². The molecule has 1 heterocycles. The summed E-state index contributed by atoms with van der Waals surface area (Å²) in [5.41, 5.74) is 4.24. The third-order valence-electron chi connectivity index (χ3n) is 4.50. The van der Waals surface area contributed by atoms with Crippen molar-refractivity contribution in [3.05, 3.63) is 82.7 Å². The molecule has 0 radical (unpaired) electrons. The van der Waals surface area contributed by atoms with Crippen LogP contribution in [0.5, 0.6) is 0 Å². The Morgan fingerprint density at radius 2 is 1.93 bits per heavy atom. The fourth-order valence-corrected chi connectivity index (χ4v) is 3.69. The molecule has 0 aliphatic carbocycles. The smallest absolute Gasteiger partial charge is 0.234 e. The number of benzene rings is 2. The van der Waals surface area contributed by atoms with Gasteiger partial charge >= 0.3 is 0 Å². The third kappa shape index (κ3) is 5.71. The number of rotatable bonds is 8. The molecule has 150 valence electrons. The molecule has 5 nitrogen and oxygen atoms in total. The number of aryl methyl sites for hydroxylation is 2. The van der Waals surface area contributed by atoms with Crippen molar-refractivity contribution in [1.82, 2.24) is 14.8 Å². The fourth-order valence-electron chi connectivity index (χ4n) is 2.80. The van der Waals surface area contributed by atoms with Crippen LogP contribution in [0.3, 0.4) is 0 Å². The van der Waals surface area contributed by atoms with Crippen LogP contribution in [-0.4, -0.2) is 26.4 Å². The van der Waals surface area contributed by atoms with Crippen LogP contribution in [0.25, 0.3) is 0 Å². The monoisotopic (exact) mass is 426 g/mol. The summed E-state index contributed by atoms with van der Waals surface area (Å²) in [6.45, 7) is 8.47. The van der Waals surface area contributed by atoms with Crippen molar-refractivity contribution < 1.29 is 4.79 Å². The van der Waals surface area contributed by atoms with E-state index in [9.17, 15) is 4.79 Å². The Morgan fingerprint density at radius 3 is 2.62 bits per heavy atom. The summed E-state index contributed by atoms with van der Waals surface area (Å²) in [4.78, 5) is 12.4. The molecule has 0 atom stereocenters. The summed E-state index contributed by atoms with van der Waals surface area (Å²) in [6, 6.07) is 13.5. The highest BCUT2D eigenvalue weighted by atomic mass is 35.5. The second-order valence-electron chi connectivity index (χ2n) is 6.74. The number of aromatic nitrogens is 3. The zero-order valence-corrected chi connectivity index (χ0v) is 18.1. The molecule has 29 heavy (non-hydrogen) atoms. The summed E-state index contributed by atoms with van der Waals surface area (Å²) in [6.07, 6.45) is 2.43. The minimum absolute atomic E-state index is 0.0781. The second-order valence-corrected chi connectivity index (χ2v) is 8.12. The van der Waals surface area contributed by atoms with Crippen LogP contribution < -0.4 is 5.32 Å². The zero-order valence-electron chi connectivity index (χ0n) is 16.5. The number of nitrogens with one attached hydrogen (secondary N) is 1. The van der Waals surface area contributed by atoms with E-state index in [-0.39, 0.29) is 11.7 Å². The van der Waals surface area contributed by atoms with Gasteiger partial charge in [0, 0.05) is 23.7 Å². The van der Waals surface area contributed by atoms with Crippen molar-refractivity contribution in [2.24, 2.45) is 0 Å². The number of nitrogens with zero attached hydrogens (tertiary/aromatic N) is 3. The first-order chi connectivity index (χ1) is 14.0. The van der Waals surface area contributed by atoms with Crippen molar-refractivity contribution >= 4 is 35.0 Å². The van der Waals surface area contributed by atoms with Crippen LogP contribution in [0.1, 0.15) is 22.5 Å². The predicted molar refractivity (Wildman–Crippen MR) is 120 cm³/mol. The molecule has 0 spiro atoms. The SMILES string of the molecule is C=CCn1c(Cc2ccc(Cl)cc2)nnc1SCC(=O)Nc1ccc(C)c(C)c1. The molecular formula is C22H23ClN4OS. The molecule has 0 unspecified atom stereocenters. The Hall–Kier alpha value is -2.57. The number of amides is 1. The zero-order chi connectivity index (χ0) is 20.8. The van der Waals surface area contributed by atoms with E-state index in [2.05, 4.69) is 22.1 Å². The largest absolute Gasteiger partial charge is 0.325 e. The van der Waals surface area contributed by atoms with Gasteiger partial charge in [0.15, 0.2) is 5.16 Å². The molecule has 0 saturated heterocycles. The summed E-state index contributed by atoms with van der Waals surface area (Å²) in [5, 5.41) is 12.9. The Labute approximate surface area is 180 Å². The number of halogens is 1. The van der Waals surface area contributed by atoms with Crippen molar-refractivity contribution in [3.8, 4) is 0 Å². The number of carbonyl (C=O) groups excluding carboxylic acids is 1. The minimum Gasteiger partial charge on any atom is -0.325 e. The summed E-state index contributed by atoms with van der Waals surface area (Å²) >= 11 is 7.32. The number of thioether (sulfide) groups is 1. The Morgan fingerprint density at radius 1 is 1.17 bits per heavy atom. The van der Waals surface area contributed by atoms with E-state index in [1.54, 1.807) is 6.08 Å².